The number of aromatic nitrogens is 2. The first-order valence-electron chi connectivity index (χ1n) is 9.65. The quantitative estimate of drug-likeness (QED) is 0.191. The molecule has 0 radical (unpaired) electrons. The monoisotopic (exact) mass is 473 g/mol. The molecule has 1 atom stereocenters. The zero-order valence-electron chi connectivity index (χ0n) is 17.0. The molecule has 1 N–H and O–H groups in total. The number of para-hydroxylation sites is 2. The summed E-state index contributed by atoms with van der Waals surface area (Å²) in [5, 5.41) is 1.36. The summed E-state index contributed by atoms with van der Waals surface area (Å²) in [4.78, 5) is 30.3. The average Bonchev–Trinajstić information content (AvgIpc) is 2.81. The molecule has 3 aromatic carbocycles. The van der Waals surface area contributed by atoms with E-state index in [0.29, 0.717) is 16.6 Å². The lowest BCUT2D eigenvalue weighted by atomic mass is 10.2. The fourth-order valence-electron chi connectivity index (χ4n) is 3.12. The van der Waals surface area contributed by atoms with E-state index in [1.54, 1.807) is 54.6 Å². The summed E-state index contributed by atoms with van der Waals surface area (Å²) in [6, 6.07) is 15.3. The van der Waals surface area contributed by atoms with E-state index in [0.717, 1.165) is 11.8 Å². The third-order valence-corrected chi connectivity index (χ3v) is 5.82. The van der Waals surface area contributed by atoms with Crippen LogP contribution in [0.5, 0.6) is 0 Å². The summed E-state index contributed by atoms with van der Waals surface area (Å²) in [6.45, 7) is 1.40. The highest BCUT2D eigenvalue weighted by molar-refractivity contribution is 8.00. The van der Waals surface area contributed by atoms with E-state index in [2.05, 4.69) is 4.98 Å². The summed E-state index contributed by atoms with van der Waals surface area (Å²) in [6.07, 6.45) is 0. The van der Waals surface area contributed by atoms with Crippen LogP contribution in [0, 0.1) is 23.3 Å². The van der Waals surface area contributed by atoms with Crippen molar-refractivity contribution in [1.29, 1.82) is 0 Å². The smallest absolute Gasteiger partial charge is 0.266 e. The van der Waals surface area contributed by atoms with E-state index < -0.39 is 40.1 Å². The topological polar surface area (TPSA) is 64.0 Å². The number of thioether (sulfide) groups is 1. The summed E-state index contributed by atoms with van der Waals surface area (Å²) >= 11 is 0.849. The van der Waals surface area contributed by atoms with Gasteiger partial charge in [0.15, 0.2) is 28.4 Å². The van der Waals surface area contributed by atoms with Crippen molar-refractivity contribution in [2.45, 2.75) is 17.3 Å². The Balaban J connectivity index is 1.72. The van der Waals surface area contributed by atoms with Gasteiger partial charge >= 0.3 is 0 Å². The SMILES string of the molecule is CC(Sc1nc2ccccc2c(=O)n1-c1ccccc1)C(=O)Nc1c(F)c(F)cc(F)c1F. The van der Waals surface area contributed by atoms with Gasteiger partial charge in [0.25, 0.3) is 5.56 Å². The minimum absolute atomic E-state index is 0.0516. The van der Waals surface area contributed by atoms with Gasteiger partial charge in [0.2, 0.25) is 5.91 Å². The van der Waals surface area contributed by atoms with Gasteiger partial charge in [-0.25, -0.2) is 22.5 Å². The molecule has 0 aliphatic heterocycles. The lowest BCUT2D eigenvalue weighted by molar-refractivity contribution is -0.115. The standard InChI is InChI=1S/C23H15F4N3O2S/c1-12(21(31)29-20-18(26)15(24)11-16(25)19(20)27)33-23-28-17-10-6-5-9-14(17)22(32)30(23)13-7-3-2-4-8-13/h2-12H,1H3,(H,29,31). The van der Waals surface area contributed by atoms with Gasteiger partial charge < -0.3 is 5.32 Å². The highest BCUT2D eigenvalue weighted by atomic mass is 32.2. The molecule has 0 saturated heterocycles. The van der Waals surface area contributed by atoms with Crippen LogP contribution in [0.25, 0.3) is 16.6 Å². The Morgan fingerprint density at radius 1 is 0.970 bits per heavy atom. The number of benzene rings is 3. The lowest BCUT2D eigenvalue weighted by Crippen LogP contribution is -2.27. The van der Waals surface area contributed by atoms with E-state index in [4.69, 9.17) is 0 Å². The molecule has 4 aromatic rings. The molecule has 1 heterocycles. The summed E-state index contributed by atoms with van der Waals surface area (Å²) in [5.41, 5.74) is -0.697. The normalized spacial score (nSPS) is 12.0. The average molecular weight is 473 g/mol. The first kappa shape index (κ1) is 22.5. The Labute approximate surface area is 189 Å². The van der Waals surface area contributed by atoms with Crippen molar-refractivity contribution in [2.75, 3.05) is 5.32 Å². The predicted octanol–water partition coefficient (Wildman–Crippen LogP) is 5.06. The van der Waals surface area contributed by atoms with Crippen LogP contribution in [0.15, 0.2) is 70.6 Å². The molecule has 33 heavy (non-hydrogen) atoms. The van der Waals surface area contributed by atoms with Gasteiger partial charge in [-0.3, -0.25) is 14.2 Å². The maximum absolute atomic E-state index is 13.9. The summed E-state index contributed by atoms with van der Waals surface area (Å²) in [7, 11) is 0. The number of carbonyl (C=O) groups excluding carboxylic acids is 1. The van der Waals surface area contributed by atoms with Crippen LogP contribution in [0.1, 0.15) is 6.92 Å². The van der Waals surface area contributed by atoms with Crippen molar-refractivity contribution in [3.05, 3.63) is 94.3 Å². The highest BCUT2D eigenvalue weighted by Crippen LogP contribution is 2.28. The van der Waals surface area contributed by atoms with Crippen molar-refractivity contribution >= 4 is 34.3 Å². The van der Waals surface area contributed by atoms with Gasteiger partial charge in [0, 0.05) is 6.07 Å². The lowest BCUT2D eigenvalue weighted by Gasteiger charge is -2.17. The van der Waals surface area contributed by atoms with Gasteiger partial charge in [-0.2, -0.15) is 0 Å². The molecule has 4 rings (SSSR count). The van der Waals surface area contributed by atoms with Crippen molar-refractivity contribution < 1.29 is 22.4 Å². The van der Waals surface area contributed by atoms with Crippen molar-refractivity contribution in [3.63, 3.8) is 0 Å². The van der Waals surface area contributed by atoms with E-state index in [9.17, 15) is 27.2 Å². The fourth-order valence-corrected chi connectivity index (χ4v) is 4.04. The zero-order valence-corrected chi connectivity index (χ0v) is 17.8. The van der Waals surface area contributed by atoms with Crippen LogP contribution in [0.2, 0.25) is 0 Å². The minimum Gasteiger partial charge on any atom is -0.320 e. The van der Waals surface area contributed by atoms with Crippen molar-refractivity contribution in [1.82, 2.24) is 9.55 Å². The number of fused-ring (bicyclic) bond motifs is 1. The Morgan fingerprint density at radius 2 is 1.58 bits per heavy atom. The molecule has 0 saturated carbocycles. The van der Waals surface area contributed by atoms with Crippen LogP contribution in [-0.2, 0) is 4.79 Å². The number of anilines is 1. The Morgan fingerprint density at radius 3 is 2.24 bits per heavy atom. The van der Waals surface area contributed by atoms with Gasteiger partial charge in [-0.1, -0.05) is 42.1 Å². The van der Waals surface area contributed by atoms with E-state index >= 15 is 0 Å². The number of carbonyl (C=O) groups is 1. The van der Waals surface area contributed by atoms with Crippen LogP contribution in [-0.4, -0.2) is 20.7 Å². The number of nitrogens with zero attached hydrogens (tertiary/aromatic N) is 2. The Hall–Kier alpha value is -3.66. The molecule has 1 amide bonds. The molecule has 10 heteroatoms. The molecule has 0 aliphatic carbocycles. The van der Waals surface area contributed by atoms with Crippen molar-refractivity contribution in [2.24, 2.45) is 0 Å². The molecule has 5 nitrogen and oxygen atoms in total. The molecular formula is C23H15F4N3O2S. The molecule has 0 spiro atoms. The summed E-state index contributed by atoms with van der Waals surface area (Å²) < 4.78 is 56.1. The van der Waals surface area contributed by atoms with Crippen LogP contribution in [0.4, 0.5) is 23.2 Å². The molecule has 168 valence electrons. The maximum Gasteiger partial charge on any atom is 0.266 e. The summed E-state index contributed by atoms with van der Waals surface area (Å²) in [5.74, 6) is -7.66. The maximum atomic E-state index is 13.9. The number of rotatable bonds is 5. The minimum atomic E-state index is -1.72. The Kier molecular flexibility index (Phi) is 6.19. The molecular weight excluding hydrogens is 458 g/mol. The van der Waals surface area contributed by atoms with E-state index in [1.807, 2.05) is 5.32 Å². The number of amides is 1. The first-order chi connectivity index (χ1) is 15.8. The van der Waals surface area contributed by atoms with Crippen LogP contribution in [0.3, 0.4) is 0 Å². The second-order valence-corrected chi connectivity index (χ2v) is 8.29. The Bertz CT molecular complexity index is 1400. The third-order valence-electron chi connectivity index (χ3n) is 4.77. The molecule has 1 unspecified atom stereocenters. The van der Waals surface area contributed by atoms with Crippen LogP contribution >= 0.6 is 11.8 Å². The van der Waals surface area contributed by atoms with Gasteiger partial charge in [-0.15, -0.1) is 0 Å². The molecule has 0 fully saturated rings. The first-order valence-corrected chi connectivity index (χ1v) is 10.5. The van der Waals surface area contributed by atoms with Gasteiger partial charge in [0.1, 0.15) is 5.69 Å². The van der Waals surface area contributed by atoms with E-state index in [-0.39, 0.29) is 16.8 Å². The molecule has 1 aromatic heterocycles. The number of halogens is 4. The van der Waals surface area contributed by atoms with E-state index in [1.165, 1.54) is 11.5 Å². The van der Waals surface area contributed by atoms with Crippen LogP contribution < -0.4 is 10.9 Å². The third kappa shape index (κ3) is 4.34. The number of nitrogens with one attached hydrogen (secondary N) is 1. The second-order valence-electron chi connectivity index (χ2n) is 6.98. The molecule has 0 aliphatic rings. The van der Waals surface area contributed by atoms with Gasteiger partial charge in [0.05, 0.1) is 21.8 Å². The second kappa shape index (κ2) is 9.07. The highest BCUT2D eigenvalue weighted by Gasteiger charge is 2.25. The van der Waals surface area contributed by atoms with Gasteiger partial charge in [-0.05, 0) is 31.2 Å². The number of hydrogen-bond donors (Lipinski definition) is 1. The predicted molar refractivity (Wildman–Crippen MR) is 118 cm³/mol. The number of hydrogen-bond acceptors (Lipinski definition) is 4. The van der Waals surface area contributed by atoms with Crippen molar-refractivity contribution in [3.8, 4) is 5.69 Å². The molecule has 0 bridgehead atoms. The largest absolute Gasteiger partial charge is 0.320 e. The zero-order chi connectivity index (χ0) is 23.7. The fraction of sp³-hybridized carbons (Fsp3) is 0.0870.